The van der Waals surface area contributed by atoms with E-state index < -0.39 is 33.6 Å². The van der Waals surface area contributed by atoms with Crippen molar-refractivity contribution in [2.45, 2.75) is 33.2 Å². The number of carbonyl (C=O) groups excluding carboxylic acids is 2. The molecule has 0 aromatic heterocycles. The first-order valence-corrected chi connectivity index (χ1v) is 9.97. The van der Waals surface area contributed by atoms with E-state index in [1.54, 1.807) is 6.92 Å². The van der Waals surface area contributed by atoms with Gasteiger partial charge in [-0.3, -0.25) is 9.59 Å². The Morgan fingerprint density at radius 2 is 2.00 bits per heavy atom. The summed E-state index contributed by atoms with van der Waals surface area (Å²) in [7, 11) is -3.10. The number of benzene rings is 1. The summed E-state index contributed by atoms with van der Waals surface area (Å²) < 4.78 is 23.0. The molecular weight excluding hydrogens is 342 g/mol. The first kappa shape index (κ1) is 17.6. The normalized spacial score (nSPS) is 25.2. The third-order valence-corrected chi connectivity index (χ3v) is 6.32. The minimum Gasteiger partial charge on any atom is -0.351 e. The molecule has 25 heavy (non-hydrogen) atoms. The van der Waals surface area contributed by atoms with Crippen LogP contribution in [-0.4, -0.2) is 43.5 Å². The lowest BCUT2D eigenvalue weighted by molar-refractivity contribution is -0.130. The summed E-state index contributed by atoms with van der Waals surface area (Å²) in [6.07, 6.45) is 0.381. The average molecular weight is 363 g/mol. The van der Waals surface area contributed by atoms with Gasteiger partial charge in [-0.05, 0) is 38.8 Å². The highest BCUT2D eigenvalue weighted by molar-refractivity contribution is 7.91. The first-order chi connectivity index (χ1) is 11.7. The summed E-state index contributed by atoms with van der Waals surface area (Å²) in [5.74, 6) is -1.91. The van der Waals surface area contributed by atoms with Crippen molar-refractivity contribution in [3.63, 3.8) is 0 Å². The molecule has 1 fully saturated rings. The maximum absolute atomic E-state index is 12.7. The zero-order valence-corrected chi connectivity index (χ0v) is 15.3. The zero-order valence-electron chi connectivity index (χ0n) is 14.4. The lowest BCUT2D eigenvalue weighted by Crippen LogP contribution is -2.45. The number of carbonyl (C=O) groups is 2. The van der Waals surface area contributed by atoms with Gasteiger partial charge < -0.3 is 5.32 Å². The molecule has 2 aliphatic rings. The number of hydrogen-bond acceptors (Lipinski definition) is 5. The molecule has 0 saturated carbocycles. The van der Waals surface area contributed by atoms with Gasteiger partial charge in [-0.15, -0.1) is 0 Å². The van der Waals surface area contributed by atoms with E-state index in [1.165, 1.54) is 5.01 Å². The molecule has 1 aromatic rings. The van der Waals surface area contributed by atoms with Crippen LogP contribution in [0, 0.1) is 19.8 Å². The second-order valence-electron chi connectivity index (χ2n) is 6.72. The number of hydrogen-bond donors (Lipinski definition) is 1. The van der Waals surface area contributed by atoms with E-state index in [2.05, 4.69) is 10.4 Å². The number of nitrogens with one attached hydrogen (secondary N) is 1. The molecule has 0 unspecified atom stereocenters. The highest BCUT2D eigenvalue weighted by atomic mass is 32.2. The number of rotatable bonds is 3. The summed E-state index contributed by atoms with van der Waals surface area (Å²) in [6, 6.07) is 5.21. The fourth-order valence-corrected chi connectivity index (χ4v) is 4.95. The van der Waals surface area contributed by atoms with Gasteiger partial charge in [0.15, 0.2) is 15.8 Å². The molecule has 0 spiro atoms. The Balaban J connectivity index is 1.77. The summed E-state index contributed by atoms with van der Waals surface area (Å²) in [5, 5.41) is 8.21. The van der Waals surface area contributed by atoms with Crippen molar-refractivity contribution >= 4 is 33.1 Å². The molecule has 2 amide bonds. The Hall–Kier alpha value is -2.22. The maximum atomic E-state index is 12.7. The van der Waals surface area contributed by atoms with Crippen molar-refractivity contribution in [3.05, 3.63) is 29.3 Å². The van der Waals surface area contributed by atoms with Crippen molar-refractivity contribution < 1.29 is 18.0 Å². The summed E-state index contributed by atoms with van der Waals surface area (Å²) in [4.78, 5) is 25.2. The van der Waals surface area contributed by atoms with Crippen molar-refractivity contribution in [2.75, 3.05) is 16.5 Å². The second-order valence-corrected chi connectivity index (χ2v) is 8.95. The molecule has 1 saturated heterocycles. The Morgan fingerprint density at radius 3 is 2.60 bits per heavy atom. The van der Waals surface area contributed by atoms with Gasteiger partial charge in [0.2, 0.25) is 5.91 Å². The van der Waals surface area contributed by atoms with E-state index >= 15 is 0 Å². The Morgan fingerprint density at radius 1 is 1.28 bits per heavy atom. The zero-order chi connectivity index (χ0) is 18.4. The van der Waals surface area contributed by atoms with Gasteiger partial charge >= 0.3 is 0 Å². The number of hydrazone groups is 1. The van der Waals surface area contributed by atoms with E-state index in [-0.39, 0.29) is 11.5 Å². The molecule has 2 aliphatic heterocycles. The maximum Gasteiger partial charge on any atom is 0.265 e. The van der Waals surface area contributed by atoms with E-state index in [1.807, 2.05) is 32.0 Å². The third-order valence-electron chi connectivity index (χ3n) is 4.55. The van der Waals surface area contributed by atoms with E-state index in [9.17, 15) is 18.0 Å². The summed E-state index contributed by atoms with van der Waals surface area (Å²) >= 11 is 0. The predicted octanol–water partition coefficient (Wildman–Crippen LogP) is 0.945. The van der Waals surface area contributed by atoms with Gasteiger partial charge in [0.05, 0.1) is 22.9 Å². The van der Waals surface area contributed by atoms with Gasteiger partial charge in [0.25, 0.3) is 5.91 Å². The van der Waals surface area contributed by atoms with E-state index in [0.717, 1.165) is 11.1 Å². The molecule has 0 aliphatic carbocycles. The average Bonchev–Trinajstić information content (AvgIpc) is 2.98. The molecule has 0 radical (unpaired) electrons. The third kappa shape index (κ3) is 3.44. The molecule has 2 atom stereocenters. The first-order valence-electron chi connectivity index (χ1n) is 8.15. The van der Waals surface area contributed by atoms with Crippen LogP contribution < -0.4 is 10.3 Å². The predicted molar refractivity (Wildman–Crippen MR) is 95.2 cm³/mol. The molecule has 1 N–H and O–H groups in total. The fraction of sp³-hybridized carbons (Fsp3) is 0.471. The summed E-state index contributed by atoms with van der Waals surface area (Å²) in [6.45, 7) is 5.48. The summed E-state index contributed by atoms with van der Waals surface area (Å²) in [5.41, 5.74) is 3.02. The quantitative estimate of drug-likeness (QED) is 0.809. The van der Waals surface area contributed by atoms with Crippen LogP contribution in [0.1, 0.15) is 24.5 Å². The Bertz CT molecular complexity index is 876. The van der Waals surface area contributed by atoms with Crippen LogP contribution in [0.4, 0.5) is 5.69 Å². The Labute approximate surface area is 147 Å². The minimum atomic E-state index is -3.10. The number of anilines is 1. The van der Waals surface area contributed by atoms with E-state index in [0.29, 0.717) is 17.8 Å². The van der Waals surface area contributed by atoms with Crippen LogP contribution in [0.2, 0.25) is 0 Å². The van der Waals surface area contributed by atoms with E-state index in [4.69, 9.17) is 0 Å². The lowest BCUT2D eigenvalue weighted by Gasteiger charge is -2.18. The molecule has 3 rings (SSSR count). The van der Waals surface area contributed by atoms with Gasteiger partial charge in [-0.1, -0.05) is 17.7 Å². The van der Waals surface area contributed by atoms with Crippen LogP contribution in [0.15, 0.2) is 23.3 Å². The largest absolute Gasteiger partial charge is 0.351 e. The second kappa shape index (κ2) is 6.25. The molecule has 0 bridgehead atoms. The SMILES string of the molecule is CC1=NN(c2ccc(C)cc2C)C(=O)[C@H]1C(=O)N[C@H]1CCS(=O)(=O)C1. The number of nitrogens with zero attached hydrogens (tertiary/aromatic N) is 2. The molecule has 8 heteroatoms. The minimum absolute atomic E-state index is 0.0678. The monoisotopic (exact) mass is 363 g/mol. The standard InChI is InChI=1S/C17H21N3O4S/c1-10-4-5-14(11(2)8-10)20-17(22)15(12(3)19-20)16(21)18-13-6-7-25(23,24)9-13/h4-5,8,13,15H,6-7,9H2,1-3H3,(H,18,21)/t13-,15+/m0/s1. The van der Waals surface area contributed by atoms with Crippen molar-refractivity contribution in [1.82, 2.24) is 5.32 Å². The van der Waals surface area contributed by atoms with Crippen LogP contribution in [0.3, 0.4) is 0 Å². The van der Waals surface area contributed by atoms with Crippen LogP contribution in [0.25, 0.3) is 0 Å². The molecular formula is C17H21N3O4S. The van der Waals surface area contributed by atoms with Crippen LogP contribution >= 0.6 is 0 Å². The molecule has 1 aromatic carbocycles. The highest BCUT2D eigenvalue weighted by Gasteiger charge is 2.41. The molecule has 7 nitrogen and oxygen atoms in total. The topological polar surface area (TPSA) is 95.9 Å². The fourth-order valence-electron chi connectivity index (χ4n) is 3.28. The molecule has 2 heterocycles. The van der Waals surface area contributed by atoms with Crippen LogP contribution in [-0.2, 0) is 19.4 Å². The highest BCUT2D eigenvalue weighted by Crippen LogP contribution is 2.28. The Kier molecular flexibility index (Phi) is 4.40. The molecule has 134 valence electrons. The van der Waals surface area contributed by atoms with Crippen LogP contribution in [0.5, 0.6) is 0 Å². The number of sulfone groups is 1. The van der Waals surface area contributed by atoms with Gasteiger partial charge in [-0.25, -0.2) is 8.42 Å². The smallest absolute Gasteiger partial charge is 0.265 e. The number of aryl methyl sites for hydroxylation is 2. The lowest BCUT2D eigenvalue weighted by atomic mass is 10.0. The number of amides is 2. The van der Waals surface area contributed by atoms with Gasteiger partial charge in [0.1, 0.15) is 0 Å². The van der Waals surface area contributed by atoms with Crippen molar-refractivity contribution in [3.8, 4) is 0 Å². The van der Waals surface area contributed by atoms with Gasteiger partial charge in [0, 0.05) is 6.04 Å². The van der Waals surface area contributed by atoms with Crippen molar-refractivity contribution in [1.29, 1.82) is 0 Å². The van der Waals surface area contributed by atoms with Crippen molar-refractivity contribution in [2.24, 2.45) is 11.0 Å². The van der Waals surface area contributed by atoms with Gasteiger partial charge in [-0.2, -0.15) is 10.1 Å².